The zero-order valence-electron chi connectivity index (χ0n) is 13.5. The van der Waals surface area contributed by atoms with Gasteiger partial charge in [0.15, 0.2) is 0 Å². The van der Waals surface area contributed by atoms with Gasteiger partial charge >= 0.3 is 6.09 Å². The Labute approximate surface area is 139 Å². The predicted octanol–water partition coefficient (Wildman–Crippen LogP) is 1.45. The van der Waals surface area contributed by atoms with Crippen LogP contribution in [-0.2, 0) is 14.3 Å². The van der Waals surface area contributed by atoms with Gasteiger partial charge in [0.05, 0.1) is 6.61 Å². The molecule has 1 aliphatic rings. The van der Waals surface area contributed by atoms with Crippen LogP contribution in [0.25, 0.3) is 0 Å². The molecule has 0 saturated carbocycles. The highest BCUT2D eigenvalue weighted by atomic mass is 19.1. The molecule has 24 heavy (non-hydrogen) atoms. The van der Waals surface area contributed by atoms with Crippen molar-refractivity contribution in [2.45, 2.75) is 13.3 Å². The number of rotatable bonds is 4. The Balaban J connectivity index is 1.77. The van der Waals surface area contributed by atoms with Gasteiger partial charge in [-0.25, -0.2) is 9.18 Å². The van der Waals surface area contributed by atoms with Gasteiger partial charge in [0.2, 0.25) is 11.8 Å². The minimum Gasteiger partial charge on any atom is -0.450 e. The summed E-state index contributed by atoms with van der Waals surface area (Å²) < 4.78 is 17.7. The molecule has 1 aromatic carbocycles. The molecule has 1 saturated heterocycles. The van der Waals surface area contributed by atoms with E-state index in [0.717, 1.165) is 0 Å². The molecule has 1 heterocycles. The summed E-state index contributed by atoms with van der Waals surface area (Å²) in [5, 5.41) is 2.55. The van der Waals surface area contributed by atoms with Crippen molar-refractivity contribution in [3.63, 3.8) is 0 Å². The molecule has 1 aliphatic heterocycles. The van der Waals surface area contributed by atoms with E-state index >= 15 is 0 Å². The number of anilines is 1. The number of amides is 3. The Hall–Kier alpha value is -2.64. The van der Waals surface area contributed by atoms with Crippen LogP contribution >= 0.6 is 0 Å². The van der Waals surface area contributed by atoms with E-state index in [1.54, 1.807) is 11.8 Å². The molecule has 1 N–H and O–H groups in total. The number of piperazine rings is 1. The zero-order chi connectivity index (χ0) is 17.5. The standard InChI is InChI=1S/C16H20FN3O4/c1-2-24-16(23)20-9-7-19(8-10-20)15(22)11-14(21)18-13-5-3-12(17)4-6-13/h3-6H,2,7-11H2,1H3,(H,18,21). The quantitative estimate of drug-likeness (QED) is 0.844. The van der Waals surface area contributed by atoms with Gasteiger partial charge in [-0.05, 0) is 31.2 Å². The molecule has 0 aliphatic carbocycles. The van der Waals surface area contributed by atoms with Gasteiger partial charge in [0.25, 0.3) is 0 Å². The Bertz CT molecular complexity index is 598. The fourth-order valence-corrected chi connectivity index (χ4v) is 2.34. The second kappa shape index (κ2) is 8.28. The Morgan fingerprint density at radius 1 is 1.08 bits per heavy atom. The highest BCUT2D eigenvalue weighted by molar-refractivity contribution is 6.03. The van der Waals surface area contributed by atoms with Gasteiger partial charge in [0.1, 0.15) is 12.2 Å². The van der Waals surface area contributed by atoms with Crippen LogP contribution in [0.5, 0.6) is 0 Å². The lowest BCUT2D eigenvalue weighted by Gasteiger charge is -2.34. The first kappa shape index (κ1) is 17.7. The number of benzene rings is 1. The monoisotopic (exact) mass is 337 g/mol. The van der Waals surface area contributed by atoms with Crippen LogP contribution in [-0.4, -0.2) is 60.5 Å². The summed E-state index contributed by atoms with van der Waals surface area (Å²) in [5.41, 5.74) is 0.432. The summed E-state index contributed by atoms with van der Waals surface area (Å²) in [7, 11) is 0. The first-order chi connectivity index (χ1) is 11.5. The number of hydrogen-bond donors (Lipinski definition) is 1. The fourth-order valence-electron chi connectivity index (χ4n) is 2.34. The van der Waals surface area contributed by atoms with Crippen molar-refractivity contribution in [3.05, 3.63) is 30.1 Å². The summed E-state index contributed by atoms with van der Waals surface area (Å²) in [6, 6.07) is 5.31. The third-order valence-electron chi connectivity index (χ3n) is 3.60. The minimum atomic E-state index is -0.459. The van der Waals surface area contributed by atoms with Crippen molar-refractivity contribution in [3.8, 4) is 0 Å². The predicted molar refractivity (Wildman–Crippen MR) is 84.8 cm³/mol. The lowest BCUT2D eigenvalue weighted by Crippen LogP contribution is -2.51. The number of nitrogens with zero attached hydrogens (tertiary/aromatic N) is 2. The van der Waals surface area contributed by atoms with E-state index in [4.69, 9.17) is 4.74 Å². The number of hydrogen-bond acceptors (Lipinski definition) is 4. The Morgan fingerprint density at radius 2 is 1.67 bits per heavy atom. The number of carbonyl (C=O) groups is 3. The second-order valence-electron chi connectivity index (χ2n) is 5.30. The van der Waals surface area contributed by atoms with Crippen LogP contribution in [0.2, 0.25) is 0 Å². The molecule has 0 aromatic heterocycles. The van der Waals surface area contributed by atoms with Gasteiger partial charge in [-0.3, -0.25) is 9.59 Å². The lowest BCUT2D eigenvalue weighted by molar-refractivity contribution is -0.135. The van der Waals surface area contributed by atoms with E-state index in [1.807, 2.05) is 0 Å². The van der Waals surface area contributed by atoms with E-state index in [2.05, 4.69) is 5.32 Å². The molecule has 0 bridgehead atoms. The van der Waals surface area contributed by atoms with Crippen molar-refractivity contribution in [1.29, 1.82) is 0 Å². The van der Waals surface area contributed by atoms with E-state index < -0.39 is 17.8 Å². The molecule has 0 unspecified atom stereocenters. The molecule has 1 aromatic rings. The SMILES string of the molecule is CCOC(=O)N1CCN(C(=O)CC(=O)Nc2ccc(F)cc2)CC1. The molecule has 0 spiro atoms. The number of nitrogens with one attached hydrogen (secondary N) is 1. The first-order valence-electron chi connectivity index (χ1n) is 7.74. The molecule has 1 fully saturated rings. The average Bonchev–Trinajstić information content (AvgIpc) is 2.57. The Kier molecular flexibility index (Phi) is 6.11. The molecule has 8 heteroatoms. The summed E-state index contributed by atoms with van der Waals surface area (Å²) in [5.74, 6) is -1.17. The van der Waals surface area contributed by atoms with Gasteiger partial charge < -0.3 is 19.9 Å². The van der Waals surface area contributed by atoms with Crippen LogP contribution in [0.1, 0.15) is 13.3 Å². The van der Waals surface area contributed by atoms with Crippen LogP contribution in [0.4, 0.5) is 14.9 Å². The highest BCUT2D eigenvalue weighted by Crippen LogP contribution is 2.10. The van der Waals surface area contributed by atoms with Crippen molar-refractivity contribution >= 4 is 23.6 Å². The third-order valence-corrected chi connectivity index (χ3v) is 3.60. The summed E-state index contributed by atoms with van der Waals surface area (Å²) in [6.07, 6.45) is -0.685. The number of carbonyl (C=O) groups excluding carboxylic acids is 3. The van der Waals surface area contributed by atoms with Crippen molar-refractivity contribution < 1.29 is 23.5 Å². The van der Waals surface area contributed by atoms with Crippen LogP contribution in [0.15, 0.2) is 24.3 Å². The molecular formula is C16H20FN3O4. The summed E-state index contributed by atoms with van der Waals surface area (Å²) >= 11 is 0. The van der Waals surface area contributed by atoms with Crippen LogP contribution in [0, 0.1) is 5.82 Å². The molecule has 130 valence electrons. The summed E-state index contributed by atoms with van der Waals surface area (Å²) in [6.45, 7) is 3.52. The maximum absolute atomic E-state index is 12.8. The number of ether oxygens (including phenoxy) is 1. The van der Waals surface area contributed by atoms with Gasteiger partial charge in [-0.2, -0.15) is 0 Å². The second-order valence-corrected chi connectivity index (χ2v) is 5.30. The van der Waals surface area contributed by atoms with Crippen molar-refractivity contribution in [1.82, 2.24) is 9.80 Å². The average molecular weight is 337 g/mol. The van der Waals surface area contributed by atoms with Crippen molar-refractivity contribution in [2.24, 2.45) is 0 Å². The maximum atomic E-state index is 12.8. The van der Waals surface area contributed by atoms with E-state index in [0.29, 0.717) is 38.5 Å². The van der Waals surface area contributed by atoms with Crippen molar-refractivity contribution in [2.75, 3.05) is 38.1 Å². The van der Waals surface area contributed by atoms with E-state index in [-0.39, 0.29) is 12.3 Å². The molecule has 2 rings (SSSR count). The van der Waals surface area contributed by atoms with Crippen LogP contribution in [0.3, 0.4) is 0 Å². The maximum Gasteiger partial charge on any atom is 0.409 e. The molecule has 0 radical (unpaired) electrons. The van der Waals surface area contributed by atoms with Gasteiger partial charge in [-0.15, -0.1) is 0 Å². The first-order valence-corrected chi connectivity index (χ1v) is 7.74. The van der Waals surface area contributed by atoms with E-state index in [1.165, 1.54) is 29.2 Å². The molecular weight excluding hydrogens is 317 g/mol. The van der Waals surface area contributed by atoms with E-state index in [9.17, 15) is 18.8 Å². The smallest absolute Gasteiger partial charge is 0.409 e. The molecule has 0 atom stereocenters. The van der Waals surface area contributed by atoms with Gasteiger partial charge in [0, 0.05) is 31.9 Å². The number of halogens is 1. The molecule has 3 amide bonds. The van der Waals surface area contributed by atoms with Gasteiger partial charge in [-0.1, -0.05) is 0 Å². The zero-order valence-corrected chi connectivity index (χ0v) is 13.5. The highest BCUT2D eigenvalue weighted by Gasteiger charge is 2.25. The lowest BCUT2D eigenvalue weighted by atomic mass is 10.2. The largest absolute Gasteiger partial charge is 0.450 e. The fraction of sp³-hybridized carbons (Fsp3) is 0.438. The minimum absolute atomic E-state index is 0.295. The van der Waals surface area contributed by atoms with Crippen LogP contribution < -0.4 is 5.32 Å². The third kappa shape index (κ3) is 4.94. The molecule has 7 nitrogen and oxygen atoms in total. The summed E-state index contributed by atoms with van der Waals surface area (Å²) in [4.78, 5) is 38.7. The normalized spacial score (nSPS) is 14.2. The Morgan fingerprint density at radius 3 is 2.25 bits per heavy atom. The topological polar surface area (TPSA) is 79.0 Å².